The highest BCUT2D eigenvalue weighted by Crippen LogP contribution is 2.17. The Bertz CT molecular complexity index is 343. The molecule has 14 heavy (non-hydrogen) atoms. The summed E-state index contributed by atoms with van der Waals surface area (Å²) in [5.41, 5.74) is 0.0383. The predicted molar refractivity (Wildman–Crippen MR) is 50.3 cm³/mol. The van der Waals surface area contributed by atoms with E-state index in [4.69, 9.17) is 5.11 Å². The van der Waals surface area contributed by atoms with Gasteiger partial charge in [-0.2, -0.15) is 0 Å². The number of carboxylic acids is 1. The second kappa shape index (κ2) is 4.50. The first-order valence-corrected chi connectivity index (χ1v) is 4.91. The third-order valence-corrected chi connectivity index (χ3v) is 2.33. The van der Waals surface area contributed by atoms with E-state index in [9.17, 15) is 13.6 Å². The number of hydrogen-bond donors (Lipinski definition) is 1. The fourth-order valence-corrected chi connectivity index (χ4v) is 1.38. The smallest absolute Gasteiger partial charge is 0.308 e. The number of benzene rings is 1. The van der Waals surface area contributed by atoms with Gasteiger partial charge in [-0.15, -0.1) is 0 Å². The number of rotatable bonds is 3. The lowest BCUT2D eigenvalue weighted by Crippen LogP contribution is -2.06. The minimum absolute atomic E-state index is 0.328. The molecule has 0 aromatic heterocycles. The zero-order valence-electron chi connectivity index (χ0n) is 7.06. The summed E-state index contributed by atoms with van der Waals surface area (Å²) in [7, 11) is 0. The highest BCUT2D eigenvalue weighted by atomic mass is 79.9. The zero-order valence-corrected chi connectivity index (χ0v) is 8.64. The molecule has 0 aliphatic heterocycles. The van der Waals surface area contributed by atoms with Crippen molar-refractivity contribution in [2.75, 3.05) is 0 Å². The highest BCUT2D eigenvalue weighted by molar-refractivity contribution is 9.08. The van der Waals surface area contributed by atoms with E-state index in [0.717, 1.165) is 12.1 Å². The second-order valence-electron chi connectivity index (χ2n) is 2.74. The van der Waals surface area contributed by atoms with Crippen LogP contribution < -0.4 is 0 Å². The Balaban J connectivity index is 3.11. The van der Waals surface area contributed by atoms with Crippen LogP contribution in [0.1, 0.15) is 11.1 Å². The topological polar surface area (TPSA) is 37.3 Å². The van der Waals surface area contributed by atoms with Gasteiger partial charge in [0.15, 0.2) is 0 Å². The molecule has 1 aromatic carbocycles. The van der Waals surface area contributed by atoms with Crippen molar-refractivity contribution < 1.29 is 18.7 Å². The largest absolute Gasteiger partial charge is 0.481 e. The molecule has 0 aliphatic carbocycles. The van der Waals surface area contributed by atoms with Gasteiger partial charge in [-0.1, -0.05) is 15.9 Å². The van der Waals surface area contributed by atoms with E-state index in [-0.39, 0.29) is 0 Å². The van der Waals surface area contributed by atoms with Crippen molar-refractivity contribution >= 4 is 21.9 Å². The fraction of sp³-hybridized carbons (Fsp3) is 0.222. The molecule has 0 saturated heterocycles. The van der Waals surface area contributed by atoms with Crippen LogP contribution in [0.2, 0.25) is 0 Å². The van der Waals surface area contributed by atoms with Crippen molar-refractivity contribution in [3.63, 3.8) is 0 Å². The molecule has 0 radical (unpaired) electrons. The summed E-state index contributed by atoms with van der Waals surface area (Å²) in [4.78, 5) is 10.3. The van der Waals surface area contributed by atoms with Crippen LogP contribution in [0.15, 0.2) is 12.1 Å². The SMILES string of the molecule is O=C(O)Cc1c(F)cc(CBr)cc1F. The Kier molecular flexibility index (Phi) is 3.57. The third-order valence-electron chi connectivity index (χ3n) is 1.68. The minimum atomic E-state index is -1.26. The summed E-state index contributed by atoms with van der Waals surface area (Å²) in [6.07, 6.45) is -0.639. The number of halogens is 3. The summed E-state index contributed by atoms with van der Waals surface area (Å²) in [6.45, 7) is 0. The maximum atomic E-state index is 13.1. The van der Waals surface area contributed by atoms with Gasteiger partial charge in [0.05, 0.1) is 6.42 Å². The zero-order chi connectivity index (χ0) is 10.7. The molecule has 0 atom stereocenters. The Labute approximate surface area is 87.7 Å². The maximum Gasteiger partial charge on any atom is 0.308 e. The van der Waals surface area contributed by atoms with E-state index in [1.54, 1.807) is 0 Å². The molecule has 0 amide bonds. The van der Waals surface area contributed by atoms with Gasteiger partial charge >= 0.3 is 5.97 Å². The fourth-order valence-electron chi connectivity index (χ4n) is 1.05. The molecule has 5 heteroatoms. The molecule has 2 nitrogen and oxygen atoms in total. The molecule has 0 bridgehead atoms. The molecule has 0 heterocycles. The molecular weight excluding hydrogens is 258 g/mol. The van der Waals surface area contributed by atoms with E-state index in [1.165, 1.54) is 0 Å². The predicted octanol–water partition coefficient (Wildman–Crippen LogP) is 2.49. The van der Waals surface area contributed by atoms with Gasteiger partial charge in [-0.3, -0.25) is 4.79 Å². The summed E-state index contributed by atoms with van der Waals surface area (Å²) in [5.74, 6) is -2.89. The van der Waals surface area contributed by atoms with E-state index < -0.39 is 29.6 Å². The van der Waals surface area contributed by atoms with Gasteiger partial charge in [0.25, 0.3) is 0 Å². The van der Waals surface area contributed by atoms with E-state index in [2.05, 4.69) is 15.9 Å². The van der Waals surface area contributed by atoms with Crippen LogP contribution in [0.3, 0.4) is 0 Å². The molecule has 1 N–H and O–H groups in total. The quantitative estimate of drug-likeness (QED) is 0.852. The van der Waals surface area contributed by atoms with Crippen molar-refractivity contribution in [3.05, 3.63) is 34.9 Å². The van der Waals surface area contributed by atoms with E-state index >= 15 is 0 Å². The van der Waals surface area contributed by atoms with E-state index in [1.807, 2.05) is 0 Å². The Morgan fingerprint density at radius 3 is 2.21 bits per heavy atom. The first-order valence-electron chi connectivity index (χ1n) is 3.79. The van der Waals surface area contributed by atoms with Crippen LogP contribution >= 0.6 is 15.9 Å². The molecule has 1 aromatic rings. The highest BCUT2D eigenvalue weighted by Gasteiger charge is 2.13. The Hall–Kier alpha value is -0.970. The van der Waals surface area contributed by atoms with Crippen LogP contribution in [0.5, 0.6) is 0 Å². The standard InChI is InChI=1S/C9H7BrF2O2/c10-4-5-1-7(11)6(3-9(13)14)8(12)2-5/h1-2H,3-4H2,(H,13,14). The lowest BCUT2D eigenvalue weighted by atomic mass is 10.1. The normalized spacial score (nSPS) is 10.2. The Morgan fingerprint density at radius 2 is 1.86 bits per heavy atom. The summed E-state index contributed by atoms with van der Waals surface area (Å²) in [6, 6.07) is 2.24. The third kappa shape index (κ3) is 2.51. The van der Waals surface area contributed by atoms with Gasteiger partial charge in [0, 0.05) is 10.9 Å². The molecule has 76 valence electrons. The van der Waals surface area contributed by atoms with Crippen molar-refractivity contribution in [1.82, 2.24) is 0 Å². The lowest BCUT2D eigenvalue weighted by molar-refractivity contribution is -0.136. The average Bonchev–Trinajstić information content (AvgIpc) is 2.10. The van der Waals surface area contributed by atoms with Crippen LogP contribution in [0, 0.1) is 11.6 Å². The molecule has 0 unspecified atom stereocenters. The molecule has 0 fully saturated rings. The number of aliphatic carboxylic acids is 1. The van der Waals surface area contributed by atoms with Gasteiger partial charge in [-0.25, -0.2) is 8.78 Å². The number of hydrogen-bond acceptors (Lipinski definition) is 1. The van der Waals surface area contributed by atoms with Crippen LogP contribution in [-0.2, 0) is 16.5 Å². The van der Waals surface area contributed by atoms with Gasteiger partial charge in [-0.05, 0) is 17.7 Å². The molecular formula is C9H7BrF2O2. The number of carboxylic acid groups (broad SMARTS) is 1. The first-order chi connectivity index (χ1) is 6.54. The van der Waals surface area contributed by atoms with Gasteiger partial charge in [0.2, 0.25) is 0 Å². The second-order valence-corrected chi connectivity index (χ2v) is 3.30. The van der Waals surface area contributed by atoms with Crippen LogP contribution in [0.25, 0.3) is 0 Å². The van der Waals surface area contributed by atoms with Crippen LogP contribution in [0.4, 0.5) is 8.78 Å². The average molecular weight is 265 g/mol. The molecule has 0 aliphatic rings. The van der Waals surface area contributed by atoms with Gasteiger partial charge < -0.3 is 5.11 Å². The van der Waals surface area contributed by atoms with Crippen molar-refractivity contribution in [3.8, 4) is 0 Å². The monoisotopic (exact) mass is 264 g/mol. The lowest BCUT2D eigenvalue weighted by Gasteiger charge is -2.04. The Morgan fingerprint density at radius 1 is 1.36 bits per heavy atom. The maximum absolute atomic E-state index is 13.1. The summed E-state index contributed by atoms with van der Waals surface area (Å²) in [5, 5.41) is 8.73. The summed E-state index contributed by atoms with van der Waals surface area (Å²) >= 11 is 3.05. The van der Waals surface area contributed by atoms with Crippen molar-refractivity contribution in [2.24, 2.45) is 0 Å². The van der Waals surface area contributed by atoms with E-state index in [0.29, 0.717) is 10.9 Å². The minimum Gasteiger partial charge on any atom is -0.481 e. The molecule has 0 spiro atoms. The van der Waals surface area contributed by atoms with Crippen molar-refractivity contribution in [2.45, 2.75) is 11.8 Å². The van der Waals surface area contributed by atoms with Crippen LogP contribution in [-0.4, -0.2) is 11.1 Å². The summed E-state index contributed by atoms with van der Waals surface area (Å²) < 4.78 is 26.3. The molecule has 1 rings (SSSR count). The number of alkyl halides is 1. The molecule has 0 saturated carbocycles. The van der Waals surface area contributed by atoms with Crippen molar-refractivity contribution in [1.29, 1.82) is 0 Å². The number of carbonyl (C=O) groups is 1. The first kappa shape index (κ1) is 11.1. The van der Waals surface area contributed by atoms with Gasteiger partial charge in [0.1, 0.15) is 11.6 Å².